The number of benzene rings is 1. The number of ether oxygens (including phenoxy) is 2. The fourth-order valence-electron chi connectivity index (χ4n) is 2.32. The van der Waals surface area contributed by atoms with Crippen molar-refractivity contribution < 1.29 is 14.3 Å². The maximum atomic E-state index is 10.8. The molecule has 2 N–H and O–H groups in total. The summed E-state index contributed by atoms with van der Waals surface area (Å²) >= 11 is 0. The van der Waals surface area contributed by atoms with Gasteiger partial charge in [-0.15, -0.1) is 0 Å². The van der Waals surface area contributed by atoms with Crippen LogP contribution in [0.25, 0.3) is 0 Å². The van der Waals surface area contributed by atoms with Crippen LogP contribution in [0, 0.1) is 13.8 Å². The van der Waals surface area contributed by atoms with Crippen LogP contribution in [0.15, 0.2) is 12.1 Å². The highest BCUT2D eigenvalue weighted by molar-refractivity contribution is 5.75. The van der Waals surface area contributed by atoms with Crippen molar-refractivity contribution in [2.75, 3.05) is 32.9 Å². The summed E-state index contributed by atoms with van der Waals surface area (Å²) in [5.74, 6) is 0.270. The van der Waals surface area contributed by atoms with Crippen LogP contribution in [0.4, 0.5) is 0 Å². The normalized spacial score (nSPS) is 16.1. The van der Waals surface area contributed by atoms with Gasteiger partial charge in [0.25, 0.3) is 5.91 Å². The van der Waals surface area contributed by atoms with E-state index in [2.05, 4.69) is 17.9 Å². The molecule has 0 atom stereocenters. The molecular weight excluding hydrogens is 256 g/mol. The van der Waals surface area contributed by atoms with Gasteiger partial charge in [0.2, 0.25) is 0 Å². The van der Waals surface area contributed by atoms with E-state index in [1.165, 1.54) is 11.1 Å². The Morgan fingerprint density at radius 1 is 1.30 bits per heavy atom. The lowest BCUT2D eigenvalue weighted by atomic mass is 10.0. The first-order valence-electron chi connectivity index (χ1n) is 6.87. The van der Waals surface area contributed by atoms with E-state index < -0.39 is 5.91 Å². The predicted octanol–water partition coefficient (Wildman–Crippen LogP) is 1.000. The predicted molar refractivity (Wildman–Crippen MR) is 76.7 cm³/mol. The number of rotatable bonds is 5. The molecule has 1 aliphatic rings. The van der Waals surface area contributed by atoms with Gasteiger partial charge in [-0.2, -0.15) is 0 Å². The van der Waals surface area contributed by atoms with Crippen LogP contribution in [0.5, 0.6) is 5.75 Å². The van der Waals surface area contributed by atoms with E-state index in [-0.39, 0.29) is 6.61 Å². The zero-order valence-electron chi connectivity index (χ0n) is 12.1. The molecule has 0 saturated carbocycles. The zero-order chi connectivity index (χ0) is 14.5. The minimum absolute atomic E-state index is 0.0803. The van der Waals surface area contributed by atoms with Crippen molar-refractivity contribution in [1.82, 2.24) is 4.90 Å². The third kappa shape index (κ3) is 3.95. The van der Waals surface area contributed by atoms with Crippen LogP contribution in [-0.2, 0) is 16.1 Å². The third-order valence-corrected chi connectivity index (χ3v) is 3.50. The van der Waals surface area contributed by atoms with Gasteiger partial charge in [-0.05, 0) is 36.6 Å². The second-order valence-corrected chi connectivity index (χ2v) is 5.19. The van der Waals surface area contributed by atoms with Crippen molar-refractivity contribution >= 4 is 5.91 Å². The number of nitrogens with two attached hydrogens (primary N) is 1. The molecule has 20 heavy (non-hydrogen) atoms. The van der Waals surface area contributed by atoms with E-state index in [1.807, 2.05) is 13.0 Å². The first-order chi connectivity index (χ1) is 9.56. The van der Waals surface area contributed by atoms with Gasteiger partial charge in [0.15, 0.2) is 6.61 Å². The summed E-state index contributed by atoms with van der Waals surface area (Å²) in [6, 6.07) is 4.11. The van der Waals surface area contributed by atoms with Crippen LogP contribution >= 0.6 is 0 Å². The Labute approximate surface area is 119 Å². The third-order valence-electron chi connectivity index (χ3n) is 3.50. The van der Waals surface area contributed by atoms with Gasteiger partial charge >= 0.3 is 0 Å². The summed E-state index contributed by atoms with van der Waals surface area (Å²) in [5, 5.41) is 0. The molecule has 110 valence electrons. The fraction of sp³-hybridized carbons (Fsp3) is 0.533. The summed E-state index contributed by atoms with van der Waals surface area (Å²) in [6.07, 6.45) is 0. The molecule has 1 fully saturated rings. The number of hydrogen-bond donors (Lipinski definition) is 1. The number of amides is 1. The Hall–Kier alpha value is -1.59. The molecule has 1 aromatic rings. The molecule has 0 aromatic heterocycles. The van der Waals surface area contributed by atoms with Gasteiger partial charge in [0.1, 0.15) is 5.75 Å². The molecule has 0 radical (unpaired) electrons. The highest BCUT2D eigenvalue weighted by Gasteiger charge is 2.13. The molecule has 5 heteroatoms. The fourth-order valence-corrected chi connectivity index (χ4v) is 2.32. The summed E-state index contributed by atoms with van der Waals surface area (Å²) in [5.41, 5.74) is 8.58. The van der Waals surface area contributed by atoms with Crippen molar-refractivity contribution in [1.29, 1.82) is 0 Å². The smallest absolute Gasteiger partial charge is 0.255 e. The first kappa shape index (κ1) is 14.8. The number of morpholine rings is 1. The molecule has 2 rings (SSSR count). The molecule has 1 aliphatic heterocycles. The SMILES string of the molecule is Cc1cc(OCC(N)=O)c(C)cc1CN1CCOCC1. The monoisotopic (exact) mass is 278 g/mol. The zero-order valence-corrected chi connectivity index (χ0v) is 12.1. The van der Waals surface area contributed by atoms with Gasteiger partial charge in [-0.1, -0.05) is 6.07 Å². The highest BCUT2D eigenvalue weighted by atomic mass is 16.5. The molecule has 0 bridgehead atoms. The van der Waals surface area contributed by atoms with Gasteiger partial charge in [0, 0.05) is 19.6 Å². The summed E-state index contributed by atoms with van der Waals surface area (Å²) in [6.45, 7) is 8.44. The Morgan fingerprint density at radius 3 is 2.65 bits per heavy atom. The molecule has 1 aromatic carbocycles. The maximum Gasteiger partial charge on any atom is 0.255 e. The number of carbonyl (C=O) groups excluding carboxylic acids is 1. The Balaban J connectivity index is 2.06. The largest absolute Gasteiger partial charge is 0.484 e. The van der Waals surface area contributed by atoms with Crippen molar-refractivity contribution in [2.45, 2.75) is 20.4 Å². The second kappa shape index (κ2) is 6.72. The second-order valence-electron chi connectivity index (χ2n) is 5.19. The van der Waals surface area contributed by atoms with Crippen LogP contribution in [0.2, 0.25) is 0 Å². The number of primary amides is 1. The van der Waals surface area contributed by atoms with E-state index in [9.17, 15) is 4.79 Å². The molecule has 0 spiro atoms. The van der Waals surface area contributed by atoms with E-state index in [4.69, 9.17) is 15.2 Å². The van der Waals surface area contributed by atoms with Crippen LogP contribution < -0.4 is 10.5 Å². The Morgan fingerprint density at radius 2 is 2.00 bits per heavy atom. The molecular formula is C15H22N2O3. The van der Waals surface area contributed by atoms with E-state index in [0.29, 0.717) is 0 Å². The number of carbonyl (C=O) groups is 1. The molecule has 1 heterocycles. The van der Waals surface area contributed by atoms with Crippen LogP contribution in [-0.4, -0.2) is 43.7 Å². The summed E-state index contributed by atoms with van der Waals surface area (Å²) in [4.78, 5) is 13.2. The molecule has 0 unspecified atom stereocenters. The van der Waals surface area contributed by atoms with Gasteiger partial charge in [-0.25, -0.2) is 0 Å². The van der Waals surface area contributed by atoms with Crippen molar-refractivity contribution in [3.63, 3.8) is 0 Å². The van der Waals surface area contributed by atoms with Gasteiger partial charge in [-0.3, -0.25) is 9.69 Å². The highest BCUT2D eigenvalue weighted by Crippen LogP contribution is 2.24. The summed E-state index contributed by atoms with van der Waals surface area (Å²) < 4.78 is 10.8. The van der Waals surface area contributed by atoms with E-state index in [1.54, 1.807) is 0 Å². The minimum Gasteiger partial charge on any atom is -0.484 e. The number of nitrogens with zero attached hydrogens (tertiary/aromatic N) is 1. The Kier molecular flexibility index (Phi) is 4.98. The topological polar surface area (TPSA) is 64.8 Å². The lowest BCUT2D eigenvalue weighted by molar-refractivity contribution is -0.119. The Bertz CT molecular complexity index is 482. The van der Waals surface area contributed by atoms with Crippen molar-refractivity contribution in [3.8, 4) is 5.75 Å². The average molecular weight is 278 g/mol. The van der Waals surface area contributed by atoms with Crippen molar-refractivity contribution in [3.05, 3.63) is 28.8 Å². The number of aryl methyl sites for hydroxylation is 2. The lowest BCUT2D eigenvalue weighted by Gasteiger charge is -2.27. The van der Waals surface area contributed by atoms with Gasteiger partial charge in [0.05, 0.1) is 13.2 Å². The average Bonchev–Trinajstić information content (AvgIpc) is 2.42. The molecule has 1 saturated heterocycles. The maximum absolute atomic E-state index is 10.8. The minimum atomic E-state index is -0.459. The van der Waals surface area contributed by atoms with E-state index >= 15 is 0 Å². The van der Waals surface area contributed by atoms with Gasteiger partial charge < -0.3 is 15.2 Å². The summed E-state index contributed by atoms with van der Waals surface area (Å²) in [7, 11) is 0. The molecule has 1 amide bonds. The quantitative estimate of drug-likeness (QED) is 0.872. The standard InChI is InChI=1S/C15H22N2O3/c1-11-8-14(20-10-15(16)18)12(2)7-13(11)9-17-3-5-19-6-4-17/h7-8H,3-6,9-10H2,1-2H3,(H2,16,18). The van der Waals surface area contributed by atoms with Crippen molar-refractivity contribution in [2.24, 2.45) is 5.73 Å². The number of hydrogen-bond acceptors (Lipinski definition) is 4. The van der Waals surface area contributed by atoms with Crippen LogP contribution in [0.3, 0.4) is 0 Å². The lowest BCUT2D eigenvalue weighted by Crippen LogP contribution is -2.35. The van der Waals surface area contributed by atoms with Crippen LogP contribution in [0.1, 0.15) is 16.7 Å². The first-order valence-corrected chi connectivity index (χ1v) is 6.87. The molecule has 5 nitrogen and oxygen atoms in total. The molecule has 0 aliphatic carbocycles. The van der Waals surface area contributed by atoms with E-state index in [0.717, 1.165) is 44.2 Å².